The Balaban J connectivity index is 1.77. The van der Waals surface area contributed by atoms with Crippen molar-refractivity contribution < 1.29 is 0 Å². The van der Waals surface area contributed by atoms with Crippen LogP contribution in [0.4, 0.5) is 5.82 Å². The van der Waals surface area contributed by atoms with Gasteiger partial charge in [-0.2, -0.15) is 10.2 Å². The lowest BCUT2D eigenvalue weighted by Crippen LogP contribution is -2.05. The predicted molar refractivity (Wildman–Crippen MR) is 89.0 cm³/mol. The molecule has 0 aliphatic carbocycles. The van der Waals surface area contributed by atoms with Crippen LogP contribution < -0.4 is 5.32 Å². The predicted octanol–water partition coefficient (Wildman–Crippen LogP) is 3.37. The zero-order valence-corrected chi connectivity index (χ0v) is 12.3. The molecule has 2 aromatic carbocycles. The van der Waals surface area contributed by atoms with Gasteiger partial charge in [0, 0.05) is 12.7 Å². The van der Waals surface area contributed by atoms with Gasteiger partial charge in [-0.25, -0.2) is 4.98 Å². The minimum Gasteiger partial charge on any atom is -0.365 e. The molecule has 5 heteroatoms. The number of hydrogen-bond acceptors (Lipinski definition) is 4. The first-order valence-electron chi connectivity index (χ1n) is 7.31. The van der Waals surface area contributed by atoms with Crippen LogP contribution in [0.25, 0.3) is 16.8 Å². The average Bonchev–Trinajstić information content (AvgIpc) is 2.97. The van der Waals surface area contributed by atoms with Gasteiger partial charge in [-0.1, -0.05) is 42.5 Å². The molecule has 110 valence electrons. The molecule has 2 aromatic heterocycles. The smallest absolute Gasteiger partial charge is 0.236 e. The molecule has 4 aromatic rings. The van der Waals surface area contributed by atoms with Gasteiger partial charge in [-0.05, 0) is 17.7 Å². The fraction of sp³-hybridized carbons (Fsp3) is 0.0556. The van der Waals surface area contributed by atoms with Crippen LogP contribution in [0, 0.1) is 11.3 Å². The first-order chi connectivity index (χ1) is 11.3. The quantitative estimate of drug-likeness (QED) is 0.630. The zero-order valence-electron chi connectivity index (χ0n) is 12.3. The van der Waals surface area contributed by atoms with E-state index in [0.717, 1.165) is 16.6 Å². The summed E-state index contributed by atoms with van der Waals surface area (Å²) in [5.41, 5.74) is 3.44. The first kappa shape index (κ1) is 13.3. The Hall–Kier alpha value is -3.39. The number of benzene rings is 2. The summed E-state index contributed by atoms with van der Waals surface area (Å²) in [7, 11) is 0. The van der Waals surface area contributed by atoms with Crippen LogP contribution in [0.3, 0.4) is 0 Å². The van der Waals surface area contributed by atoms with Gasteiger partial charge in [-0.3, -0.25) is 4.40 Å². The van der Waals surface area contributed by atoms with Crippen LogP contribution in [-0.4, -0.2) is 14.4 Å². The molecule has 1 N–H and O–H groups in total. The Kier molecular flexibility index (Phi) is 3.13. The fourth-order valence-electron chi connectivity index (χ4n) is 2.59. The summed E-state index contributed by atoms with van der Waals surface area (Å²) in [6.45, 7) is 0.610. The highest BCUT2D eigenvalue weighted by Gasteiger charge is 2.10. The molecule has 0 aliphatic rings. The van der Waals surface area contributed by atoms with Gasteiger partial charge in [0.2, 0.25) is 5.78 Å². The largest absolute Gasteiger partial charge is 0.365 e. The van der Waals surface area contributed by atoms with Crippen LogP contribution in [0.2, 0.25) is 0 Å². The summed E-state index contributed by atoms with van der Waals surface area (Å²) in [4.78, 5) is 9.03. The van der Waals surface area contributed by atoms with Crippen molar-refractivity contribution in [2.24, 2.45) is 0 Å². The number of hydrogen-bond donors (Lipinski definition) is 1. The second kappa shape index (κ2) is 5.43. The van der Waals surface area contributed by atoms with Gasteiger partial charge in [0.05, 0.1) is 11.0 Å². The molecule has 0 unspecified atom stereocenters. The number of para-hydroxylation sites is 2. The highest BCUT2D eigenvalue weighted by molar-refractivity contribution is 5.80. The lowest BCUT2D eigenvalue weighted by molar-refractivity contribution is 1.07. The molecule has 0 fully saturated rings. The van der Waals surface area contributed by atoms with E-state index in [1.807, 2.05) is 59.0 Å². The number of fused-ring (bicyclic) bond motifs is 3. The second-order valence-electron chi connectivity index (χ2n) is 5.22. The Morgan fingerprint density at radius 1 is 1.00 bits per heavy atom. The molecule has 23 heavy (non-hydrogen) atoms. The Morgan fingerprint density at radius 3 is 2.61 bits per heavy atom. The molecule has 0 saturated carbocycles. The molecule has 0 saturated heterocycles. The molecule has 0 bridgehead atoms. The van der Waals surface area contributed by atoms with E-state index in [9.17, 15) is 5.26 Å². The maximum atomic E-state index is 9.42. The van der Waals surface area contributed by atoms with Crippen molar-refractivity contribution in [3.63, 3.8) is 0 Å². The van der Waals surface area contributed by atoms with Crippen LogP contribution in [-0.2, 0) is 6.54 Å². The SMILES string of the molecule is N#Cc1cn2c(nc1NCc1ccccc1)nc1ccccc12. The van der Waals surface area contributed by atoms with E-state index in [0.29, 0.717) is 23.7 Å². The number of nitrogens with one attached hydrogen (secondary N) is 1. The number of nitrogens with zero attached hydrogens (tertiary/aromatic N) is 4. The van der Waals surface area contributed by atoms with Gasteiger partial charge in [-0.15, -0.1) is 0 Å². The maximum absolute atomic E-state index is 9.42. The zero-order chi connectivity index (χ0) is 15.6. The normalized spacial score (nSPS) is 10.7. The minimum absolute atomic E-state index is 0.497. The van der Waals surface area contributed by atoms with Gasteiger partial charge < -0.3 is 5.32 Å². The number of rotatable bonds is 3. The lowest BCUT2D eigenvalue weighted by atomic mass is 10.2. The van der Waals surface area contributed by atoms with Crippen molar-refractivity contribution in [2.45, 2.75) is 6.54 Å². The molecule has 0 radical (unpaired) electrons. The molecule has 0 amide bonds. The van der Waals surface area contributed by atoms with Crippen LogP contribution in [0.1, 0.15) is 11.1 Å². The topological polar surface area (TPSA) is 66.0 Å². The van der Waals surface area contributed by atoms with Gasteiger partial charge >= 0.3 is 0 Å². The fourth-order valence-corrected chi connectivity index (χ4v) is 2.59. The van der Waals surface area contributed by atoms with Crippen molar-refractivity contribution in [1.29, 1.82) is 5.26 Å². The van der Waals surface area contributed by atoms with Gasteiger partial charge in [0.25, 0.3) is 0 Å². The number of nitriles is 1. The third-order valence-electron chi connectivity index (χ3n) is 3.73. The molecule has 0 atom stereocenters. The van der Waals surface area contributed by atoms with E-state index < -0.39 is 0 Å². The van der Waals surface area contributed by atoms with Crippen molar-refractivity contribution in [3.8, 4) is 6.07 Å². The van der Waals surface area contributed by atoms with Gasteiger partial charge in [0.1, 0.15) is 17.5 Å². The van der Waals surface area contributed by atoms with Crippen molar-refractivity contribution in [3.05, 3.63) is 71.9 Å². The monoisotopic (exact) mass is 299 g/mol. The standard InChI is InChI=1S/C18H13N5/c19-10-14-12-23-16-9-5-4-8-15(16)21-18(23)22-17(14)20-11-13-6-2-1-3-7-13/h1-9,12H,11H2,(H,20,21,22). The summed E-state index contributed by atoms with van der Waals surface area (Å²) >= 11 is 0. The summed E-state index contributed by atoms with van der Waals surface area (Å²) in [5, 5.41) is 12.7. The number of anilines is 1. The van der Waals surface area contributed by atoms with E-state index in [1.54, 1.807) is 6.20 Å². The highest BCUT2D eigenvalue weighted by atomic mass is 15.1. The summed E-state index contributed by atoms with van der Waals surface area (Å²) < 4.78 is 1.85. The van der Waals surface area contributed by atoms with E-state index in [2.05, 4.69) is 21.4 Å². The Labute approximate surface area is 132 Å². The van der Waals surface area contributed by atoms with E-state index in [1.165, 1.54) is 0 Å². The summed E-state index contributed by atoms with van der Waals surface area (Å²) in [6.07, 6.45) is 1.78. The molecule has 5 nitrogen and oxygen atoms in total. The van der Waals surface area contributed by atoms with E-state index >= 15 is 0 Å². The third-order valence-corrected chi connectivity index (χ3v) is 3.73. The molecule has 0 spiro atoms. The average molecular weight is 299 g/mol. The molecule has 0 aliphatic heterocycles. The molecular weight excluding hydrogens is 286 g/mol. The van der Waals surface area contributed by atoms with Crippen molar-refractivity contribution >= 4 is 22.6 Å². The van der Waals surface area contributed by atoms with Gasteiger partial charge in [0.15, 0.2) is 0 Å². The Morgan fingerprint density at radius 2 is 1.78 bits per heavy atom. The Bertz CT molecular complexity index is 1030. The first-order valence-corrected chi connectivity index (χ1v) is 7.31. The van der Waals surface area contributed by atoms with Crippen LogP contribution >= 0.6 is 0 Å². The minimum atomic E-state index is 0.497. The summed E-state index contributed by atoms with van der Waals surface area (Å²) in [6, 6.07) is 20.0. The lowest BCUT2D eigenvalue weighted by Gasteiger charge is -2.08. The van der Waals surface area contributed by atoms with Crippen molar-refractivity contribution in [1.82, 2.24) is 14.4 Å². The molecule has 2 heterocycles. The number of aromatic nitrogens is 3. The van der Waals surface area contributed by atoms with E-state index in [-0.39, 0.29) is 0 Å². The second-order valence-corrected chi connectivity index (χ2v) is 5.22. The summed E-state index contributed by atoms with van der Waals surface area (Å²) in [5.74, 6) is 1.14. The number of imidazole rings is 1. The third kappa shape index (κ3) is 2.36. The molecule has 4 rings (SSSR count). The van der Waals surface area contributed by atoms with Crippen LogP contribution in [0.5, 0.6) is 0 Å². The van der Waals surface area contributed by atoms with E-state index in [4.69, 9.17) is 0 Å². The highest BCUT2D eigenvalue weighted by Crippen LogP contribution is 2.20. The van der Waals surface area contributed by atoms with Crippen LogP contribution in [0.15, 0.2) is 60.8 Å². The molecular formula is C18H13N5. The van der Waals surface area contributed by atoms with Crippen molar-refractivity contribution in [2.75, 3.05) is 5.32 Å². The maximum Gasteiger partial charge on any atom is 0.236 e.